The van der Waals surface area contributed by atoms with Crippen LogP contribution in [0.3, 0.4) is 0 Å². The predicted molar refractivity (Wildman–Crippen MR) is 76.8 cm³/mol. The molecule has 0 bridgehead atoms. The molecule has 0 saturated carbocycles. The van der Waals surface area contributed by atoms with Gasteiger partial charge in [0.2, 0.25) is 0 Å². The standard InChI is InChI=1S/C15H19F2N3O/c1-18-14(7-8-21-11-15(16)17)12-9-19-20(10-12)13-5-3-2-4-6-13/h2-6,9-10,14-15,18H,7-8,11H2,1H3. The largest absolute Gasteiger partial charge is 0.375 e. The lowest BCUT2D eigenvalue weighted by Crippen LogP contribution is -2.18. The SMILES string of the molecule is CNC(CCOCC(F)F)c1cnn(-c2ccccc2)c1. The summed E-state index contributed by atoms with van der Waals surface area (Å²) in [5.74, 6) is 0. The highest BCUT2D eigenvalue weighted by atomic mass is 19.3. The van der Waals surface area contributed by atoms with Gasteiger partial charge < -0.3 is 10.1 Å². The molecule has 0 radical (unpaired) electrons. The van der Waals surface area contributed by atoms with Crippen LogP contribution in [-0.2, 0) is 4.74 Å². The van der Waals surface area contributed by atoms with Gasteiger partial charge in [0.05, 0.1) is 11.9 Å². The van der Waals surface area contributed by atoms with Crippen LogP contribution < -0.4 is 5.32 Å². The molecule has 1 N–H and O–H groups in total. The molecular formula is C15H19F2N3O. The van der Waals surface area contributed by atoms with E-state index in [0.717, 1.165) is 11.3 Å². The monoisotopic (exact) mass is 295 g/mol. The Kier molecular flexibility index (Phi) is 5.83. The molecule has 1 atom stereocenters. The van der Waals surface area contributed by atoms with E-state index in [0.29, 0.717) is 6.42 Å². The van der Waals surface area contributed by atoms with Crippen LogP contribution in [0.1, 0.15) is 18.0 Å². The third-order valence-corrected chi connectivity index (χ3v) is 3.17. The number of alkyl halides is 2. The van der Waals surface area contributed by atoms with Gasteiger partial charge in [0.25, 0.3) is 6.43 Å². The van der Waals surface area contributed by atoms with Gasteiger partial charge in [0.1, 0.15) is 6.61 Å². The molecule has 0 spiro atoms. The molecule has 0 aliphatic rings. The van der Waals surface area contributed by atoms with Crippen molar-refractivity contribution in [3.8, 4) is 5.69 Å². The first-order valence-electron chi connectivity index (χ1n) is 6.84. The van der Waals surface area contributed by atoms with Crippen LogP contribution in [0.15, 0.2) is 42.7 Å². The van der Waals surface area contributed by atoms with Crippen LogP contribution in [-0.4, -0.2) is 36.5 Å². The van der Waals surface area contributed by atoms with Crippen molar-refractivity contribution in [3.63, 3.8) is 0 Å². The molecule has 2 aromatic rings. The van der Waals surface area contributed by atoms with Crippen LogP contribution >= 0.6 is 0 Å². The molecule has 21 heavy (non-hydrogen) atoms. The molecule has 1 heterocycles. The number of ether oxygens (including phenoxy) is 1. The van der Waals surface area contributed by atoms with Gasteiger partial charge >= 0.3 is 0 Å². The van der Waals surface area contributed by atoms with Gasteiger partial charge in [-0.15, -0.1) is 0 Å². The van der Waals surface area contributed by atoms with E-state index in [4.69, 9.17) is 4.74 Å². The van der Waals surface area contributed by atoms with E-state index in [-0.39, 0.29) is 12.6 Å². The summed E-state index contributed by atoms with van der Waals surface area (Å²) in [6.07, 6.45) is 1.91. The summed E-state index contributed by atoms with van der Waals surface area (Å²) in [6, 6.07) is 9.81. The lowest BCUT2D eigenvalue weighted by molar-refractivity contribution is 0.0145. The predicted octanol–water partition coefficient (Wildman–Crippen LogP) is 2.80. The number of benzene rings is 1. The molecule has 0 aliphatic heterocycles. The smallest absolute Gasteiger partial charge is 0.261 e. The van der Waals surface area contributed by atoms with Crippen molar-refractivity contribution < 1.29 is 13.5 Å². The van der Waals surface area contributed by atoms with Gasteiger partial charge in [-0.2, -0.15) is 5.10 Å². The van der Waals surface area contributed by atoms with Crippen molar-refractivity contribution in [3.05, 3.63) is 48.3 Å². The van der Waals surface area contributed by atoms with E-state index in [1.54, 1.807) is 10.9 Å². The summed E-state index contributed by atoms with van der Waals surface area (Å²) in [7, 11) is 1.83. The number of nitrogens with one attached hydrogen (secondary N) is 1. The summed E-state index contributed by atoms with van der Waals surface area (Å²) >= 11 is 0. The number of hydrogen-bond acceptors (Lipinski definition) is 3. The topological polar surface area (TPSA) is 39.1 Å². The number of para-hydroxylation sites is 1. The lowest BCUT2D eigenvalue weighted by atomic mass is 10.1. The van der Waals surface area contributed by atoms with E-state index in [9.17, 15) is 8.78 Å². The summed E-state index contributed by atoms with van der Waals surface area (Å²) in [4.78, 5) is 0. The fourth-order valence-corrected chi connectivity index (χ4v) is 2.09. The molecule has 0 saturated heterocycles. The Bertz CT molecular complexity index is 531. The van der Waals surface area contributed by atoms with Crippen molar-refractivity contribution >= 4 is 0 Å². The lowest BCUT2D eigenvalue weighted by Gasteiger charge is -2.14. The van der Waals surface area contributed by atoms with Crippen molar-refractivity contribution in [1.29, 1.82) is 0 Å². The van der Waals surface area contributed by atoms with Crippen molar-refractivity contribution in [2.75, 3.05) is 20.3 Å². The first kappa shape index (κ1) is 15.6. The second kappa shape index (κ2) is 7.85. The van der Waals surface area contributed by atoms with Gasteiger partial charge in [-0.05, 0) is 25.6 Å². The Morgan fingerprint density at radius 2 is 2.05 bits per heavy atom. The minimum atomic E-state index is -2.42. The molecule has 4 nitrogen and oxygen atoms in total. The second-order valence-corrected chi connectivity index (χ2v) is 4.65. The van der Waals surface area contributed by atoms with E-state index in [1.807, 2.05) is 43.6 Å². The minimum absolute atomic E-state index is 0.0279. The maximum Gasteiger partial charge on any atom is 0.261 e. The maximum atomic E-state index is 12.0. The van der Waals surface area contributed by atoms with Gasteiger partial charge in [-0.25, -0.2) is 13.5 Å². The summed E-state index contributed by atoms with van der Waals surface area (Å²) in [6.45, 7) is -0.230. The second-order valence-electron chi connectivity index (χ2n) is 4.65. The van der Waals surface area contributed by atoms with Crippen LogP contribution in [0.4, 0.5) is 8.78 Å². The third kappa shape index (κ3) is 4.61. The Labute approximate surface area is 122 Å². The molecule has 1 aromatic carbocycles. The zero-order valence-corrected chi connectivity index (χ0v) is 11.9. The van der Waals surface area contributed by atoms with Crippen molar-refractivity contribution in [2.24, 2.45) is 0 Å². The van der Waals surface area contributed by atoms with Gasteiger partial charge in [0.15, 0.2) is 0 Å². The Balaban J connectivity index is 1.95. The molecule has 1 unspecified atom stereocenters. The van der Waals surface area contributed by atoms with Crippen LogP contribution in [0.25, 0.3) is 5.69 Å². The van der Waals surface area contributed by atoms with Gasteiger partial charge in [0, 0.05) is 24.4 Å². The average molecular weight is 295 g/mol. The maximum absolute atomic E-state index is 12.0. The van der Waals surface area contributed by atoms with Gasteiger partial charge in [-0.1, -0.05) is 18.2 Å². The summed E-state index contributed by atoms with van der Waals surface area (Å²) in [5.41, 5.74) is 1.98. The zero-order chi connectivity index (χ0) is 15.1. The third-order valence-electron chi connectivity index (χ3n) is 3.17. The van der Waals surface area contributed by atoms with Crippen LogP contribution in [0.2, 0.25) is 0 Å². The molecule has 114 valence electrons. The van der Waals surface area contributed by atoms with Crippen molar-refractivity contribution in [1.82, 2.24) is 15.1 Å². The van der Waals surface area contributed by atoms with Crippen LogP contribution in [0.5, 0.6) is 0 Å². The number of hydrogen-bond donors (Lipinski definition) is 1. The number of halogens is 2. The molecule has 1 aromatic heterocycles. The quantitative estimate of drug-likeness (QED) is 0.761. The Morgan fingerprint density at radius 3 is 2.71 bits per heavy atom. The highest BCUT2D eigenvalue weighted by molar-refractivity contribution is 5.31. The van der Waals surface area contributed by atoms with E-state index >= 15 is 0 Å². The highest BCUT2D eigenvalue weighted by Crippen LogP contribution is 2.17. The van der Waals surface area contributed by atoms with E-state index < -0.39 is 13.0 Å². The zero-order valence-electron chi connectivity index (χ0n) is 11.9. The highest BCUT2D eigenvalue weighted by Gasteiger charge is 2.12. The minimum Gasteiger partial charge on any atom is -0.375 e. The molecular weight excluding hydrogens is 276 g/mol. The Hall–Kier alpha value is -1.79. The summed E-state index contributed by atoms with van der Waals surface area (Å²) < 4.78 is 30.7. The number of rotatable bonds is 8. The van der Waals surface area contributed by atoms with E-state index in [2.05, 4.69) is 10.4 Å². The molecule has 6 heteroatoms. The molecule has 0 amide bonds. The number of aromatic nitrogens is 2. The fourth-order valence-electron chi connectivity index (χ4n) is 2.09. The first-order valence-corrected chi connectivity index (χ1v) is 6.84. The first-order chi connectivity index (χ1) is 10.2. The number of nitrogens with zero attached hydrogens (tertiary/aromatic N) is 2. The molecule has 0 fully saturated rings. The summed E-state index contributed by atoms with van der Waals surface area (Å²) in [5, 5.41) is 7.48. The Morgan fingerprint density at radius 1 is 1.29 bits per heavy atom. The van der Waals surface area contributed by atoms with Crippen molar-refractivity contribution in [2.45, 2.75) is 18.9 Å². The fraction of sp³-hybridized carbons (Fsp3) is 0.400. The van der Waals surface area contributed by atoms with Crippen LogP contribution in [0, 0.1) is 0 Å². The van der Waals surface area contributed by atoms with E-state index in [1.165, 1.54) is 0 Å². The molecule has 2 rings (SSSR count). The molecule has 0 aliphatic carbocycles. The van der Waals surface area contributed by atoms with Gasteiger partial charge in [-0.3, -0.25) is 0 Å². The normalized spacial score (nSPS) is 12.8. The average Bonchev–Trinajstić information content (AvgIpc) is 2.98.